The minimum Gasteiger partial charge on any atom is -0.498 e. The Morgan fingerprint density at radius 3 is 2.23 bits per heavy atom. The molecule has 1 aromatic rings. The first-order chi connectivity index (χ1) is 20.4. The lowest BCUT2D eigenvalue weighted by atomic mass is 9.82. The minimum atomic E-state index is -4.66. The molecule has 0 amide bonds. The van der Waals surface area contributed by atoms with E-state index in [9.17, 15) is 18.0 Å². The van der Waals surface area contributed by atoms with Crippen molar-refractivity contribution in [3.63, 3.8) is 0 Å². The van der Waals surface area contributed by atoms with Crippen molar-refractivity contribution >= 4 is 24.5 Å². The number of carbonyl (C=O) groups excluding carboxylic acids is 1. The molecule has 3 rings (SSSR count). The fourth-order valence-electron chi connectivity index (χ4n) is 4.82. The Kier molecular flexibility index (Phi) is 15.5. The number of carbonyl (C=O) groups is 1. The Morgan fingerprint density at radius 2 is 1.70 bits per heavy atom. The zero-order valence-electron chi connectivity index (χ0n) is 26.1. The second-order valence-corrected chi connectivity index (χ2v) is 11.7. The number of hydrogen-bond donors (Lipinski definition) is 2. The summed E-state index contributed by atoms with van der Waals surface area (Å²) in [6.07, 6.45) is 0.809. The van der Waals surface area contributed by atoms with E-state index in [1.54, 1.807) is 24.3 Å². The lowest BCUT2D eigenvalue weighted by Crippen LogP contribution is -2.45. The smallest absolute Gasteiger partial charge is 0.421 e. The quantitative estimate of drug-likeness (QED) is 0.131. The number of aldehydes is 1. The molecule has 2 unspecified atom stereocenters. The number of nitrogens with one attached hydrogen (secondary N) is 2. The van der Waals surface area contributed by atoms with Crippen LogP contribution in [0.2, 0.25) is 0 Å². The van der Waals surface area contributed by atoms with Gasteiger partial charge in [-0.1, -0.05) is 33.3 Å². The number of nitrogens with zero attached hydrogens (tertiary/aromatic N) is 4. The highest BCUT2D eigenvalue weighted by Gasteiger charge is 2.39. The van der Waals surface area contributed by atoms with E-state index in [1.807, 2.05) is 13.8 Å². The molecule has 2 fully saturated rings. The predicted molar refractivity (Wildman–Crippen MR) is 170 cm³/mol. The van der Waals surface area contributed by atoms with Crippen LogP contribution in [0.5, 0.6) is 0 Å². The van der Waals surface area contributed by atoms with Gasteiger partial charge in [-0.25, -0.2) is 4.99 Å². The monoisotopic (exact) mass is 606 g/mol. The van der Waals surface area contributed by atoms with Gasteiger partial charge in [0.1, 0.15) is 24.4 Å². The molecule has 2 N–H and O–H groups in total. The molecule has 2 aliphatic rings. The number of rotatable bonds is 12. The van der Waals surface area contributed by atoms with Gasteiger partial charge in [-0.2, -0.15) is 13.2 Å². The molecule has 43 heavy (non-hydrogen) atoms. The van der Waals surface area contributed by atoms with Gasteiger partial charge < -0.3 is 25.2 Å². The molecule has 1 saturated heterocycles. The molecule has 0 aromatic heterocycles. The number of aliphatic imine (C=N–C) groups is 2. The minimum absolute atomic E-state index is 0.0728. The topological polar surface area (TPSA) is 81.6 Å². The van der Waals surface area contributed by atoms with Gasteiger partial charge in [0.25, 0.3) is 0 Å². The van der Waals surface area contributed by atoms with Gasteiger partial charge in [0.15, 0.2) is 0 Å². The van der Waals surface area contributed by atoms with Crippen LogP contribution in [0.3, 0.4) is 0 Å². The van der Waals surface area contributed by atoms with E-state index in [4.69, 9.17) is 4.74 Å². The number of allylic oxidation sites excluding steroid dienone is 1. The first-order valence-electron chi connectivity index (χ1n) is 14.9. The first-order valence-corrected chi connectivity index (χ1v) is 14.9. The molecular weight excluding hydrogens is 557 g/mol. The lowest BCUT2D eigenvalue weighted by molar-refractivity contribution is -0.0866. The number of ether oxygens (including phenoxy) is 1. The van der Waals surface area contributed by atoms with Gasteiger partial charge in [0, 0.05) is 56.1 Å². The molecule has 11 heteroatoms. The maximum absolute atomic E-state index is 13.9. The Balaban J connectivity index is 0.000000694. The van der Waals surface area contributed by atoms with Crippen molar-refractivity contribution in [3.8, 4) is 0 Å². The molecule has 0 spiro atoms. The van der Waals surface area contributed by atoms with Crippen molar-refractivity contribution in [1.29, 1.82) is 0 Å². The first kappa shape index (κ1) is 36.0. The highest BCUT2D eigenvalue weighted by atomic mass is 19.4. The van der Waals surface area contributed by atoms with Gasteiger partial charge in [-0.3, -0.25) is 9.79 Å². The fraction of sp³-hybridized carbons (Fsp3) is 0.594. The van der Waals surface area contributed by atoms with Gasteiger partial charge in [0.2, 0.25) is 0 Å². The van der Waals surface area contributed by atoms with Crippen LogP contribution < -0.4 is 10.6 Å². The predicted octanol–water partition coefficient (Wildman–Crippen LogP) is 6.00. The second kappa shape index (κ2) is 18.5. The Morgan fingerprint density at radius 1 is 1.09 bits per heavy atom. The van der Waals surface area contributed by atoms with E-state index < -0.39 is 11.7 Å². The SMILES string of the molecule is C=N/C=C(\C(=N/CNc1ccc(C=O)cc1)NC1CCCCC1CC(=C)OCC(C)C)C(F)(F)F.CN1CCN(C)CC1. The number of likely N-dealkylation sites (N-methyl/N-ethyl adjacent to an activating group) is 2. The molecule has 1 aliphatic carbocycles. The zero-order chi connectivity index (χ0) is 31.8. The van der Waals surface area contributed by atoms with Crippen molar-refractivity contribution in [2.75, 3.05) is 58.9 Å². The highest BCUT2D eigenvalue weighted by molar-refractivity contribution is 5.99. The third-order valence-electron chi connectivity index (χ3n) is 7.42. The zero-order valence-corrected chi connectivity index (χ0v) is 26.1. The standard InChI is InChI=1S/C26H35F3N4O2.C6H14N2/c1-18(2)16-35-19(3)13-21-7-5-6-8-24(21)33-25(23(14-30-4)26(27,28)29)32-17-31-22-11-9-20(15-34)10-12-22;1-7-3-5-8(2)6-4-7/h9-12,14-15,18,21,24,31H,3-8,13,16-17H2,1-2H3,(H,32,33);3-6H2,1-2H3/b23-14+;. The molecule has 1 aliphatic heterocycles. The summed E-state index contributed by atoms with van der Waals surface area (Å²) in [5, 5.41) is 6.03. The number of amidine groups is 1. The summed E-state index contributed by atoms with van der Waals surface area (Å²) in [5.41, 5.74) is 0.153. The summed E-state index contributed by atoms with van der Waals surface area (Å²) in [6, 6.07) is 6.34. The fourth-order valence-corrected chi connectivity index (χ4v) is 4.82. The average Bonchev–Trinajstić information content (AvgIpc) is 2.97. The van der Waals surface area contributed by atoms with Crippen LogP contribution in [-0.2, 0) is 4.74 Å². The van der Waals surface area contributed by atoms with E-state index in [-0.39, 0.29) is 24.5 Å². The number of piperazine rings is 1. The van der Waals surface area contributed by atoms with Gasteiger partial charge in [-0.15, -0.1) is 0 Å². The second-order valence-electron chi connectivity index (χ2n) is 11.7. The van der Waals surface area contributed by atoms with Crippen molar-refractivity contribution in [3.05, 3.63) is 53.9 Å². The summed E-state index contributed by atoms with van der Waals surface area (Å²) >= 11 is 0. The largest absolute Gasteiger partial charge is 0.498 e. The lowest BCUT2D eigenvalue weighted by Gasteiger charge is -2.34. The molecule has 2 atom stereocenters. The Bertz CT molecular complexity index is 1050. The van der Waals surface area contributed by atoms with Gasteiger partial charge >= 0.3 is 6.18 Å². The molecule has 1 saturated carbocycles. The molecule has 1 heterocycles. The number of halogens is 3. The van der Waals surface area contributed by atoms with E-state index in [0.29, 0.717) is 48.6 Å². The van der Waals surface area contributed by atoms with Crippen LogP contribution in [-0.4, -0.2) is 94.4 Å². The van der Waals surface area contributed by atoms with Crippen LogP contribution in [0.25, 0.3) is 0 Å². The van der Waals surface area contributed by atoms with E-state index >= 15 is 0 Å². The normalized spacial score (nSPS) is 20.6. The summed E-state index contributed by atoms with van der Waals surface area (Å²) in [7, 11) is 4.35. The molecule has 240 valence electrons. The summed E-state index contributed by atoms with van der Waals surface area (Å²) < 4.78 is 47.3. The van der Waals surface area contributed by atoms with Crippen LogP contribution in [0.15, 0.2) is 58.4 Å². The average molecular weight is 607 g/mol. The van der Waals surface area contributed by atoms with Gasteiger partial charge in [-0.05, 0) is 69.8 Å². The van der Waals surface area contributed by atoms with Crippen LogP contribution in [0.1, 0.15) is 56.3 Å². The number of alkyl halides is 3. The summed E-state index contributed by atoms with van der Waals surface area (Å²) in [5.74, 6) is 0.797. The van der Waals surface area contributed by atoms with E-state index in [2.05, 4.69) is 57.8 Å². The molecule has 8 nitrogen and oxygen atoms in total. The third-order valence-corrected chi connectivity index (χ3v) is 7.42. The third kappa shape index (κ3) is 13.8. The number of benzene rings is 1. The van der Waals surface area contributed by atoms with Crippen molar-refractivity contribution < 1.29 is 22.7 Å². The Labute approximate surface area is 255 Å². The van der Waals surface area contributed by atoms with Crippen LogP contribution in [0.4, 0.5) is 18.9 Å². The molecular formula is C32H49F3N6O2. The van der Waals surface area contributed by atoms with Crippen molar-refractivity contribution in [1.82, 2.24) is 15.1 Å². The van der Waals surface area contributed by atoms with Gasteiger partial charge in [0.05, 0.1) is 12.4 Å². The van der Waals surface area contributed by atoms with E-state index in [0.717, 1.165) is 25.5 Å². The van der Waals surface area contributed by atoms with Crippen molar-refractivity contribution in [2.24, 2.45) is 21.8 Å². The molecule has 0 radical (unpaired) electrons. The summed E-state index contributed by atoms with van der Waals surface area (Å²) in [6.45, 7) is 16.7. The van der Waals surface area contributed by atoms with Crippen LogP contribution in [0, 0.1) is 11.8 Å². The summed E-state index contributed by atoms with van der Waals surface area (Å²) in [4.78, 5) is 23.1. The number of anilines is 1. The van der Waals surface area contributed by atoms with E-state index in [1.165, 1.54) is 26.2 Å². The van der Waals surface area contributed by atoms with Crippen LogP contribution >= 0.6 is 0 Å². The Hall–Kier alpha value is -3.18. The maximum Gasteiger partial charge on any atom is 0.421 e. The number of hydrogen-bond acceptors (Lipinski definition) is 7. The molecule has 0 bridgehead atoms. The maximum atomic E-state index is 13.9. The van der Waals surface area contributed by atoms with Crippen molar-refractivity contribution in [2.45, 2.75) is 58.2 Å². The molecule has 1 aromatic carbocycles. The highest BCUT2D eigenvalue weighted by Crippen LogP contribution is 2.32.